The van der Waals surface area contributed by atoms with E-state index in [0.29, 0.717) is 11.5 Å². The molecule has 0 spiro atoms. The van der Waals surface area contributed by atoms with Crippen LogP contribution in [-0.4, -0.2) is 31.0 Å². The summed E-state index contributed by atoms with van der Waals surface area (Å²) in [7, 11) is 1.85. The number of nitrogens with zero attached hydrogens (tertiary/aromatic N) is 4. The molecule has 1 amide bonds. The Kier molecular flexibility index (Phi) is 4.35. The molecule has 0 aliphatic rings. The highest BCUT2D eigenvalue weighted by Crippen LogP contribution is 2.22. The number of hydrogen-bond acceptors (Lipinski definition) is 4. The molecule has 25 heavy (non-hydrogen) atoms. The van der Waals surface area contributed by atoms with E-state index in [2.05, 4.69) is 20.3 Å². The first-order valence-electron chi connectivity index (χ1n) is 8.05. The molecule has 0 aliphatic heterocycles. The van der Waals surface area contributed by atoms with E-state index in [1.54, 1.807) is 24.8 Å². The largest absolute Gasteiger partial charge is 0.346 e. The zero-order valence-electron chi connectivity index (χ0n) is 14.8. The Bertz CT molecular complexity index is 876. The minimum atomic E-state index is -0.282. The molecule has 1 N–H and O–H groups in total. The van der Waals surface area contributed by atoms with Crippen molar-refractivity contribution in [2.45, 2.75) is 26.3 Å². The van der Waals surface area contributed by atoms with Crippen molar-refractivity contribution in [3.8, 4) is 22.5 Å². The average Bonchev–Trinajstić information content (AvgIpc) is 2.96. The van der Waals surface area contributed by atoms with Crippen LogP contribution in [-0.2, 0) is 7.05 Å². The van der Waals surface area contributed by atoms with Crippen LogP contribution in [0.1, 0.15) is 31.3 Å². The van der Waals surface area contributed by atoms with Crippen LogP contribution in [0.15, 0.2) is 49.2 Å². The van der Waals surface area contributed by atoms with E-state index in [1.807, 2.05) is 56.8 Å². The van der Waals surface area contributed by atoms with Gasteiger partial charge in [0.25, 0.3) is 5.91 Å². The summed E-state index contributed by atoms with van der Waals surface area (Å²) in [6.07, 6.45) is 8.87. The van der Waals surface area contributed by atoms with Gasteiger partial charge in [0.1, 0.15) is 5.69 Å². The summed E-state index contributed by atoms with van der Waals surface area (Å²) >= 11 is 0. The van der Waals surface area contributed by atoms with Crippen molar-refractivity contribution < 1.29 is 4.79 Å². The quantitative estimate of drug-likeness (QED) is 0.798. The normalized spacial score (nSPS) is 11.4. The standard InChI is InChI=1S/C19H21N5O/c1-19(2,3)23-18(25)16-8-14(12-24(16)4)15-10-21-17(22-11-15)13-6-5-7-20-9-13/h5-12H,1-4H3,(H,23,25). The first kappa shape index (κ1) is 16.8. The molecular formula is C19H21N5O. The Balaban J connectivity index is 1.86. The highest BCUT2D eigenvalue weighted by atomic mass is 16.2. The van der Waals surface area contributed by atoms with Gasteiger partial charge >= 0.3 is 0 Å². The van der Waals surface area contributed by atoms with Gasteiger partial charge in [0.2, 0.25) is 0 Å². The Morgan fingerprint density at radius 3 is 2.40 bits per heavy atom. The minimum absolute atomic E-state index is 0.103. The van der Waals surface area contributed by atoms with E-state index < -0.39 is 0 Å². The Hall–Kier alpha value is -3.02. The van der Waals surface area contributed by atoms with Gasteiger partial charge in [-0.3, -0.25) is 9.78 Å². The zero-order valence-corrected chi connectivity index (χ0v) is 14.8. The van der Waals surface area contributed by atoms with Gasteiger partial charge in [-0.2, -0.15) is 0 Å². The summed E-state index contributed by atoms with van der Waals surface area (Å²) in [5, 5.41) is 2.97. The van der Waals surface area contributed by atoms with Crippen molar-refractivity contribution in [3.05, 3.63) is 54.9 Å². The summed E-state index contributed by atoms with van der Waals surface area (Å²) in [4.78, 5) is 25.3. The number of carbonyl (C=O) groups excluding carboxylic acids is 1. The molecule has 0 aliphatic carbocycles. The third kappa shape index (κ3) is 3.91. The second kappa shape index (κ2) is 6.47. The molecule has 3 rings (SSSR count). The number of carbonyl (C=O) groups is 1. The molecule has 0 unspecified atom stereocenters. The van der Waals surface area contributed by atoms with Crippen LogP contribution in [0, 0.1) is 0 Å². The van der Waals surface area contributed by atoms with Gasteiger partial charge in [0.15, 0.2) is 5.82 Å². The van der Waals surface area contributed by atoms with E-state index in [4.69, 9.17) is 0 Å². The summed E-state index contributed by atoms with van der Waals surface area (Å²) < 4.78 is 1.81. The van der Waals surface area contributed by atoms with Gasteiger partial charge in [0.05, 0.1) is 0 Å². The summed E-state index contributed by atoms with van der Waals surface area (Å²) in [6, 6.07) is 5.62. The Morgan fingerprint density at radius 1 is 1.08 bits per heavy atom. The van der Waals surface area contributed by atoms with Gasteiger partial charge in [-0.25, -0.2) is 9.97 Å². The van der Waals surface area contributed by atoms with E-state index in [1.165, 1.54) is 0 Å². The molecule has 3 aromatic rings. The molecule has 0 saturated carbocycles. The monoisotopic (exact) mass is 335 g/mol. The van der Waals surface area contributed by atoms with Gasteiger partial charge in [-0.15, -0.1) is 0 Å². The summed E-state index contributed by atoms with van der Waals surface area (Å²) in [5.41, 5.74) is 2.95. The van der Waals surface area contributed by atoms with Crippen molar-refractivity contribution in [2.75, 3.05) is 0 Å². The summed E-state index contributed by atoms with van der Waals surface area (Å²) in [6.45, 7) is 5.87. The molecule has 3 aromatic heterocycles. The molecule has 0 bridgehead atoms. The van der Waals surface area contributed by atoms with Crippen molar-refractivity contribution in [2.24, 2.45) is 7.05 Å². The lowest BCUT2D eigenvalue weighted by Crippen LogP contribution is -2.41. The fourth-order valence-corrected chi connectivity index (χ4v) is 2.47. The van der Waals surface area contributed by atoms with Crippen LogP contribution in [0.2, 0.25) is 0 Å². The predicted molar refractivity (Wildman–Crippen MR) is 96.9 cm³/mol. The number of amides is 1. The third-order valence-electron chi connectivity index (χ3n) is 3.63. The highest BCUT2D eigenvalue weighted by molar-refractivity contribution is 5.94. The minimum Gasteiger partial charge on any atom is -0.346 e. The molecule has 3 heterocycles. The summed E-state index contributed by atoms with van der Waals surface area (Å²) in [5.74, 6) is 0.521. The zero-order chi connectivity index (χ0) is 18.0. The third-order valence-corrected chi connectivity index (χ3v) is 3.63. The number of nitrogens with one attached hydrogen (secondary N) is 1. The topological polar surface area (TPSA) is 72.7 Å². The first-order chi connectivity index (χ1) is 11.8. The van der Waals surface area contributed by atoms with Crippen molar-refractivity contribution in [1.82, 2.24) is 24.8 Å². The van der Waals surface area contributed by atoms with Gasteiger partial charge in [0, 0.05) is 60.3 Å². The first-order valence-corrected chi connectivity index (χ1v) is 8.05. The molecule has 0 fully saturated rings. The number of aromatic nitrogens is 4. The van der Waals surface area contributed by atoms with E-state index in [-0.39, 0.29) is 11.4 Å². The SMILES string of the molecule is Cn1cc(-c2cnc(-c3cccnc3)nc2)cc1C(=O)NC(C)(C)C. The lowest BCUT2D eigenvalue weighted by molar-refractivity contribution is 0.0911. The molecular weight excluding hydrogens is 314 g/mol. The molecule has 128 valence electrons. The highest BCUT2D eigenvalue weighted by Gasteiger charge is 2.18. The maximum Gasteiger partial charge on any atom is 0.268 e. The molecule has 6 nitrogen and oxygen atoms in total. The van der Waals surface area contributed by atoms with Crippen LogP contribution < -0.4 is 5.32 Å². The van der Waals surface area contributed by atoms with Crippen molar-refractivity contribution in [1.29, 1.82) is 0 Å². The maximum absolute atomic E-state index is 12.4. The van der Waals surface area contributed by atoms with E-state index in [0.717, 1.165) is 16.7 Å². The molecule has 0 radical (unpaired) electrons. The smallest absolute Gasteiger partial charge is 0.268 e. The van der Waals surface area contributed by atoms with Crippen LogP contribution >= 0.6 is 0 Å². The van der Waals surface area contributed by atoms with Gasteiger partial charge < -0.3 is 9.88 Å². The molecule has 0 aromatic carbocycles. The predicted octanol–water partition coefficient (Wildman–Crippen LogP) is 3.07. The molecule has 0 saturated heterocycles. The van der Waals surface area contributed by atoms with E-state index in [9.17, 15) is 4.79 Å². The fourth-order valence-electron chi connectivity index (χ4n) is 2.47. The van der Waals surface area contributed by atoms with Crippen LogP contribution in [0.3, 0.4) is 0 Å². The second-order valence-corrected chi connectivity index (χ2v) is 6.97. The lowest BCUT2D eigenvalue weighted by atomic mass is 10.1. The van der Waals surface area contributed by atoms with Crippen LogP contribution in [0.4, 0.5) is 0 Å². The Morgan fingerprint density at radius 2 is 1.80 bits per heavy atom. The fraction of sp³-hybridized carbons (Fsp3) is 0.263. The second-order valence-electron chi connectivity index (χ2n) is 6.97. The number of aryl methyl sites for hydroxylation is 1. The van der Waals surface area contributed by atoms with Crippen molar-refractivity contribution in [3.63, 3.8) is 0 Å². The van der Waals surface area contributed by atoms with Crippen LogP contribution in [0.5, 0.6) is 0 Å². The van der Waals surface area contributed by atoms with Crippen LogP contribution in [0.25, 0.3) is 22.5 Å². The van der Waals surface area contributed by atoms with Crippen molar-refractivity contribution >= 4 is 5.91 Å². The maximum atomic E-state index is 12.4. The van der Waals surface area contributed by atoms with Gasteiger partial charge in [-0.05, 0) is 39.0 Å². The number of rotatable bonds is 3. The lowest BCUT2D eigenvalue weighted by Gasteiger charge is -2.20. The molecule has 0 atom stereocenters. The van der Waals surface area contributed by atoms with Gasteiger partial charge in [-0.1, -0.05) is 0 Å². The number of hydrogen-bond donors (Lipinski definition) is 1. The molecule has 6 heteroatoms. The van der Waals surface area contributed by atoms with E-state index >= 15 is 0 Å². The number of pyridine rings is 1. The Labute approximate surface area is 147 Å². The average molecular weight is 335 g/mol.